The fourth-order valence-electron chi connectivity index (χ4n) is 2.85. The summed E-state index contributed by atoms with van der Waals surface area (Å²) in [5.74, 6) is 0.536. The Labute approximate surface area is 181 Å². The van der Waals surface area contributed by atoms with Gasteiger partial charge in [0.25, 0.3) is 0 Å². The number of ether oxygens (including phenoxy) is 1. The average Bonchev–Trinajstić information content (AvgIpc) is 2.71. The highest BCUT2D eigenvalue weighted by Crippen LogP contribution is 2.17. The lowest BCUT2D eigenvalue weighted by Crippen LogP contribution is -2.07. The van der Waals surface area contributed by atoms with Crippen molar-refractivity contribution in [3.8, 4) is 5.75 Å². The molecule has 0 atom stereocenters. The largest absolute Gasteiger partial charge is 0.427 e. The van der Waals surface area contributed by atoms with Crippen LogP contribution in [0, 0.1) is 0 Å². The quantitative estimate of drug-likeness (QED) is 0.0979. The molecular weight excluding hydrogens is 376 g/mol. The SMILES string of the molecule is CC/C=C\C/C=C\C/C=C\CCCCCCCC(=O)Oc1ccc([S+](C)C)cc1. The molecule has 0 aliphatic carbocycles. The van der Waals surface area contributed by atoms with Gasteiger partial charge in [-0.3, -0.25) is 4.79 Å². The van der Waals surface area contributed by atoms with E-state index in [4.69, 9.17) is 4.74 Å². The van der Waals surface area contributed by atoms with Gasteiger partial charge in [0.05, 0.1) is 0 Å². The topological polar surface area (TPSA) is 26.3 Å². The third kappa shape index (κ3) is 14.0. The lowest BCUT2D eigenvalue weighted by Gasteiger charge is -2.05. The normalized spacial score (nSPS) is 12.0. The lowest BCUT2D eigenvalue weighted by molar-refractivity contribution is -0.134. The third-order valence-electron chi connectivity index (χ3n) is 4.56. The van der Waals surface area contributed by atoms with Crippen LogP contribution in [-0.4, -0.2) is 18.5 Å². The van der Waals surface area contributed by atoms with Crippen molar-refractivity contribution in [1.82, 2.24) is 0 Å². The maximum atomic E-state index is 11.9. The van der Waals surface area contributed by atoms with Crippen molar-refractivity contribution in [3.63, 3.8) is 0 Å². The standard InChI is InChI=1S/C26H39O2S/c1-4-5-6-7-8-9-10-11-12-13-14-15-16-17-18-19-26(27)28-24-20-22-25(23-21-24)29(2)3/h5-6,8-9,11-12,20-23H,4,7,10,13-19H2,1-3H3/q+1/b6-5-,9-8-,12-11-. The van der Waals surface area contributed by atoms with E-state index in [2.05, 4.69) is 55.9 Å². The minimum absolute atomic E-state index is 0.120. The summed E-state index contributed by atoms with van der Waals surface area (Å²) in [4.78, 5) is 13.2. The van der Waals surface area contributed by atoms with Crippen molar-refractivity contribution in [2.45, 2.75) is 76.0 Å². The number of esters is 1. The Morgan fingerprint density at radius 1 is 0.828 bits per heavy atom. The van der Waals surface area contributed by atoms with Crippen molar-refractivity contribution < 1.29 is 9.53 Å². The second-order valence-electron chi connectivity index (χ2n) is 7.36. The molecule has 1 rings (SSSR count). The maximum Gasteiger partial charge on any atom is 0.311 e. The second kappa shape index (κ2) is 17.1. The molecule has 1 aromatic carbocycles. The molecule has 0 aromatic heterocycles. The maximum absolute atomic E-state index is 11.9. The average molecular weight is 416 g/mol. The van der Waals surface area contributed by atoms with Gasteiger partial charge >= 0.3 is 5.97 Å². The lowest BCUT2D eigenvalue weighted by atomic mass is 10.1. The van der Waals surface area contributed by atoms with Gasteiger partial charge in [0.2, 0.25) is 0 Å². The Bertz CT molecular complexity index is 627. The van der Waals surface area contributed by atoms with Crippen molar-refractivity contribution in [2.75, 3.05) is 12.5 Å². The molecule has 0 aliphatic rings. The second-order valence-corrected chi connectivity index (χ2v) is 9.47. The van der Waals surface area contributed by atoms with E-state index in [-0.39, 0.29) is 16.9 Å². The van der Waals surface area contributed by atoms with E-state index in [0.717, 1.165) is 38.5 Å². The van der Waals surface area contributed by atoms with Crippen LogP contribution in [0.5, 0.6) is 5.75 Å². The first kappa shape index (κ1) is 25.3. The summed E-state index contributed by atoms with van der Waals surface area (Å²) in [5, 5.41) is 0. The zero-order chi connectivity index (χ0) is 21.2. The van der Waals surface area contributed by atoms with Crippen LogP contribution in [0.25, 0.3) is 0 Å². The van der Waals surface area contributed by atoms with Crippen molar-refractivity contribution in [1.29, 1.82) is 0 Å². The Balaban J connectivity index is 1.98. The number of carbonyl (C=O) groups is 1. The number of allylic oxidation sites excluding steroid dienone is 6. The van der Waals surface area contributed by atoms with E-state index >= 15 is 0 Å². The fraction of sp³-hybridized carbons (Fsp3) is 0.500. The summed E-state index contributed by atoms with van der Waals surface area (Å²) in [7, 11) is 0.236. The van der Waals surface area contributed by atoms with Gasteiger partial charge < -0.3 is 4.74 Å². The molecule has 29 heavy (non-hydrogen) atoms. The summed E-state index contributed by atoms with van der Waals surface area (Å²) in [6.07, 6.45) is 28.3. The third-order valence-corrected chi connectivity index (χ3v) is 5.77. The fourth-order valence-corrected chi connectivity index (χ4v) is 3.53. The van der Waals surface area contributed by atoms with Gasteiger partial charge in [-0.05, 0) is 62.8 Å². The number of hydrogen-bond donors (Lipinski definition) is 0. The zero-order valence-corrected chi connectivity index (χ0v) is 19.4. The van der Waals surface area contributed by atoms with Gasteiger partial charge in [0.1, 0.15) is 18.3 Å². The van der Waals surface area contributed by atoms with Gasteiger partial charge in [-0.25, -0.2) is 0 Å². The zero-order valence-electron chi connectivity index (χ0n) is 18.6. The number of unbranched alkanes of at least 4 members (excludes halogenated alkanes) is 5. The first-order chi connectivity index (χ1) is 14.1. The van der Waals surface area contributed by atoms with Crippen LogP contribution in [0.2, 0.25) is 0 Å². The van der Waals surface area contributed by atoms with Crippen LogP contribution in [0.4, 0.5) is 0 Å². The first-order valence-corrected chi connectivity index (χ1v) is 13.0. The van der Waals surface area contributed by atoms with Crippen molar-refractivity contribution >= 4 is 16.9 Å². The van der Waals surface area contributed by atoms with E-state index in [1.807, 2.05) is 24.3 Å². The molecular formula is C26H39O2S+. The van der Waals surface area contributed by atoms with Crippen LogP contribution >= 0.6 is 0 Å². The Morgan fingerprint density at radius 2 is 1.41 bits per heavy atom. The molecule has 0 heterocycles. The van der Waals surface area contributed by atoms with Gasteiger partial charge in [0.15, 0.2) is 4.90 Å². The predicted octanol–water partition coefficient (Wildman–Crippen LogP) is 7.42. The molecule has 0 saturated carbocycles. The molecule has 0 bridgehead atoms. The summed E-state index contributed by atoms with van der Waals surface area (Å²) in [6, 6.07) is 7.88. The Morgan fingerprint density at radius 3 is 2.07 bits per heavy atom. The van der Waals surface area contributed by atoms with E-state index in [1.165, 1.54) is 24.2 Å². The van der Waals surface area contributed by atoms with Crippen LogP contribution in [0.1, 0.15) is 71.1 Å². The summed E-state index contributed by atoms with van der Waals surface area (Å²) in [5.41, 5.74) is 0. The molecule has 3 heteroatoms. The summed E-state index contributed by atoms with van der Waals surface area (Å²) in [6.45, 7) is 2.16. The van der Waals surface area contributed by atoms with Gasteiger partial charge in [-0.1, -0.05) is 62.6 Å². The first-order valence-electron chi connectivity index (χ1n) is 11.0. The van der Waals surface area contributed by atoms with E-state index in [1.54, 1.807) is 0 Å². The van der Waals surface area contributed by atoms with Gasteiger partial charge in [-0.2, -0.15) is 0 Å². The Hall–Kier alpha value is -1.74. The minimum atomic E-state index is -0.120. The number of hydrogen-bond acceptors (Lipinski definition) is 2. The summed E-state index contributed by atoms with van der Waals surface area (Å²) >= 11 is 0. The highest BCUT2D eigenvalue weighted by Gasteiger charge is 2.09. The molecule has 0 amide bonds. The van der Waals surface area contributed by atoms with Crippen molar-refractivity contribution in [2.24, 2.45) is 0 Å². The molecule has 0 radical (unpaired) electrons. The molecule has 0 spiro atoms. The highest BCUT2D eigenvalue weighted by atomic mass is 32.2. The van der Waals surface area contributed by atoms with Gasteiger partial charge in [-0.15, -0.1) is 0 Å². The molecule has 1 aromatic rings. The van der Waals surface area contributed by atoms with Crippen LogP contribution in [0.15, 0.2) is 65.6 Å². The number of rotatable bonds is 15. The van der Waals surface area contributed by atoms with E-state index in [0.29, 0.717) is 12.2 Å². The van der Waals surface area contributed by atoms with E-state index < -0.39 is 0 Å². The molecule has 0 saturated heterocycles. The number of benzene rings is 1. The molecule has 0 N–H and O–H groups in total. The highest BCUT2D eigenvalue weighted by molar-refractivity contribution is 7.95. The molecule has 2 nitrogen and oxygen atoms in total. The predicted molar refractivity (Wildman–Crippen MR) is 129 cm³/mol. The smallest absolute Gasteiger partial charge is 0.311 e. The molecule has 160 valence electrons. The molecule has 0 aliphatic heterocycles. The molecule has 0 fully saturated rings. The van der Waals surface area contributed by atoms with Crippen molar-refractivity contribution in [3.05, 3.63) is 60.7 Å². The van der Waals surface area contributed by atoms with E-state index in [9.17, 15) is 4.79 Å². The van der Waals surface area contributed by atoms with Crippen LogP contribution in [-0.2, 0) is 15.7 Å². The molecule has 0 unspecified atom stereocenters. The van der Waals surface area contributed by atoms with Crippen LogP contribution in [0.3, 0.4) is 0 Å². The minimum Gasteiger partial charge on any atom is -0.427 e. The Kier molecular flexibility index (Phi) is 15.0. The van der Waals surface area contributed by atoms with Gasteiger partial charge in [0, 0.05) is 17.3 Å². The summed E-state index contributed by atoms with van der Waals surface area (Å²) < 4.78 is 5.41. The van der Waals surface area contributed by atoms with Crippen LogP contribution < -0.4 is 4.74 Å². The monoisotopic (exact) mass is 415 g/mol. The number of carbonyl (C=O) groups excluding carboxylic acids is 1.